The van der Waals surface area contributed by atoms with Crippen molar-refractivity contribution in [3.8, 4) is 11.5 Å². The van der Waals surface area contributed by atoms with Gasteiger partial charge in [0.1, 0.15) is 0 Å². The van der Waals surface area contributed by atoms with Crippen LogP contribution in [-0.4, -0.2) is 13.7 Å². The first-order valence-corrected chi connectivity index (χ1v) is 7.32. The van der Waals surface area contributed by atoms with Gasteiger partial charge in [0.25, 0.3) is 0 Å². The lowest BCUT2D eigenvalue weighted by Gasteiger charge is -2.28. The van der Waals surface area contributed by atoms with Crippen molar-refractivity contribution in [2.45, 2.75) is 45.1 Å². The van der Waals surface area contributed by atoms with E-state index in [0.29, 0.717) is 12.5 Å². The summed E-state index contributed by atoms with van der Waals surface area (Å²) in [5.41, 5.74) is 7.58. The van der Waals surface area contributed by atoms with Gasteiger partial charge in [0, 0.05) is 6.04 Å². The molecule has 1 fully saturated rings. The fraction of sp³-hybridized carbons (Fsp3) is 0.625. The summed E-state index contributed by atoms with van der Waals surface area (Å²) in [7, 11) is 1.67. The zero-order chi connectivity index (χ0) is 13.7. The van der Waals surface area contributed by atoms with Gasteiger partial charge >= 0.3 is 0 Å². The van der Waals surface area contributed by atoms with Gasteiger partial charge in [-0.25, -0.2) is 0 Å². The van der Waals surface area contributed by atoms with E-state index in [4.69, 9.17) is 15.2 Å². The van der Waals surface area contributed by atoms with Crippen LogP contribution in [-0.2, 0) is 0 Å². The molecule has 0 saturated heterocycles. The Balaban J connectivity index is 0.00000200. The Bertz CT molecular complexity index is 405. The van der Waals surface area contributed by atoms with Crippen LogP contribution < -0.4 is 15.2 Å². The van der Waals surface area contributed by atoms with Gasteiger partial charge in [0.15, 0.2) is 11.5 Å². The van der Waals surface area contributed by atoms with Gasteiger partial charge in [-0.15, -0.1) is 12.4 Å². The Morgan fingerprint density at radius 3 is 2.50 bits per heavy atom. The summed E-state index contributed by atoms with van der Waals surface area (Å²) in [5.74, 6) is 2.19. The lowest BCUT2D eigenvalue weighted by Crippen LogP contribution is -2.23. The Labute approximate surface area is 128 Å². The Morgan fingerprint density at radius 1 is 1.20 bits per heavy atom. The maximum absolute atomic E-state index is 6.42. The molecule has 0 spiro atoms. The highest BCUT2D eigenvalue weighted by Crippen LogP contribution is 2.36. The summed E-state index contributed by atoms with van der Waals surface area (Å²) in [6.07, 6.45) is 6.47. The summed E-state index contributed by atoms with van der Waals surface area (Å²) in [6.45, 7) is 2.62. The van der Waals surface area contributed by atoms with Crippen molar-refractivity contribution in [3.05, 3.63) is 23.8 Å². The fourth-order valence-corrected chi connectivity index (χ4v) is 2.93. The predicted octanol–water partition coefficient (Wildman–Crippen LogP) is 4.10. The number of halogens is 1. The third-order valence-corrected chi connectivity index (χ3v) is 4.03. The molecule has 0 unspecified atom stereocenters. The van der Waals surface area contributed by atoms with Gasteiger partial charge in [-0.2, -0.15) is 0 Å². The van der Waals surface area contributed by atoms with Crippen molar-refractivity contribution in [1.29, 1.82) is 0 Å². The molecule has 1 saturated carbocycles. The van der Waals surface area contributed by atoms with E-state index in [0.717, 1.165) is 17.1 Å². The minimum absolute atomic E-state index is 0. The minimum Gasteiger partial charge on any atom is -0.493 e. The summed E-state index contributed by atoms with van der Waals surface area (Å²) in [4.78, 5) is 0. The van der Waals surface area contributed by atoms with Gasteiger partial charge in [-0.1, -0.05) is 25.3 Å². The van der Waals surface area contributed by atoms with Crippen LogP contribution in [0, 0.1) is 5.92 Å². The van der Waals surface area contributed by atoms with Crippen molar-refractivity contribution in [3.63, 3.8) is 0 Å². The van der Waals surface area contributed by atoms with Gasteiger partial charge in [-0.3, -0.25) is 0 Å². The molecule has 0 heterocycles. The molecule has 1 atom stereocenters. The fourth-order valence-electron chi connectivity index (χ4n) is 2.93. The molecule has 0 aliphatic heterocycles. The molecule has 0 bridgehead atoms. The molecule has 2 rings (SSSR count). The second-order valence-electron chi connectivity index (χ2n) is 5.27. The summed E-state index contributed by atoms with van der Waals surface area (Å²) in [6, 6.07) is 6.20. The van der Waals surface area contributed by atoms with Gasteiger partial charge < -0.3 is 15.2 Å². The zero-order valence-electron chi connectivity index (χ0n) is 12.4. The normalized spacial score (nSPS) is 17.1. The number of methoxy groups -OCH3 is 1. The van der Waals surface area contributed by atoms with Gasteiger partial charge in [0.05, 0.1) is 13.7 Å². The van der Waals surface area contributed by atoms with Crippen LogP contribution >= 0.6 is 12.4 Å². The monoisotopic (exact) mass is 299 g/mol. The summed E-state index contributed by atoms with van der Waals surface area (Å²) in [5, 5.41) is 0. The van der Waals surface area contributed by atoms with Crippen LogP contribution in [0.15, 0.2) is 18.2 Å². The van der Waals surface area contributed by atoms with E-state index in [9.17, 15) is 0 Å². The first-order valence-electron chi connectivity index (χ1n) is 7.32. The predicted molar refractivity (Wildman–Crippen MR) is 84.9 cm³/mol. The number of nitrogens with two attached hydrogens (primary N) is 1. The largest absolute Gasteiger partial charge is 0.493 e. The van der Waals surface area contributed by atoms with Crippen LogP contribution in [0.5, 0.6) is 11.5 Å². The smallest absolute Gasteiger partial charge is 0.161 e. The quantitative estimate of drug-likeness (QED) is 0.890. The van der Waals surface area contributed by atoms with Gasteiger partial charge in [0.2, 0.25) is 0 Å². The van der Waals surface area contributed by atoms with E-state index < -0.39 is 0 Å². The van der Waals surface area contributed by atoms with Crippen molar-refractivity contribution >= 4 is 12.4 Å². The highest BCUT2D eigenvalue weighted by atomic mass is 35.5. The second kappa shape index (κ2) is 8.38. The van der Waals surface area contributed by atoms with Crippen molar-refractivity contribution in [1.82, 2.24) is 0 Å². The molecule has 114 valence electrons. The SMILES string of the molecule is CCOc1ccc([C@@H](N)C2CCCCC2)cc1OC.Cl. The first kappa shape index (κ1) is 17.1. The molecular formula is C16H26ClNO2. The summed E-state index contributed by atoms with van der Waals surface area (Å²) < 4.78 is 10.9. The van der Waals surface area contributed by atoms with E-state index in [2.05, 4.69) is 6.07 Å². The molecule has 20 heavy (non-hydrogen) atoms. The maximum Gasteiger partial charge on any atom is 0.161 e. The van der Waals surface area contributed by atoms with Crippen molar-refractivity contribution in [2.24, 2.45) is 11.7 Å². The molecule has 1 aromatic rings. The molecule has 0 amide bonds. The highest BCUT2D eigenvalue weighted by molar-refractivity contribution is 5.85. The minimum atomic E-state index is 0. The average molecular weight is 300 g/mol. The molecule has 0 radical (unpaired) electrons. The van der Waals surface area contributed by atoms with Gasteiger partial charge in [-0.05, 0) is 43.4 Å². The topological polar surface area (TPSA) is 44.5 Å². The van der Waals surface area contributed by atoms with Crippen molar-refractivity contribution in [2.75, 3.05) is 13.7 Å². The third kappa shape index (κ3) is 4.03. The molecule has 1 aromatic carbocycles. The van der Waals surface area contributed by atoms with E-state index in [1.165, 1.54) is 32.1 Å². The highest BCUT2D eigenvalue weighted by Gasteiger charge is 2.22. The van der Waals surface area contributed by atoms with Crippen molar-refractivity contribution < 1.29 is 9.47 Å². The second-order valence-corrected chi connectivity index (χ2v) is 5.27. The molecule has 4 heteroatoms. The Kier molecular flexibility index (Phi) is 7.17. The van der Waals surface area contributed by atoms with E-state index in [1.807, 2.05) is 19.1 Å². The number of hydrogen-bond donors (Lipinski definition) is 1. The van der Waals surface area contributed by atoms with E-state index in [-0.39, 0.29) is 18.4 Å². The van der Waals surface area contributed by atoms with Crippen LogP contribution in [0.4, 0.5) is 0 Å². The van der Waals surface area contributed by atoms with Crippen LogP contribution in [0.3, 0.4) is 0 Å². The molecule has 3 nitrogen and oxygen atoms in total. The number of rotatable bonds is 5. The molecular weight excluding hydrogens is 274 g/mol. The Morgan fingerprint density at radius 2 is 1.90 bits per heavy atom. The number of hydrogen-bond acceptors (Lipinski definition) is 3. The zero-order valence-corrected chi connectivity index (χ0v) is 13.2. The number of benzene rings is 1. The molecule has 0 aromatic heterocycles. The first-order chi connectivity index (χ1) is 9.26. The molecule has 1 aliphatic carbocycles. The van der Waals surface area contributed by atoms with E-state index >= 15 is 0 Å². The standard InChI is InChI=1S/C16H25NO2.ClH/c1-3-19-14-10-9-13(11-15(14)18-2)16(17)12-7-5-4-6-8-12;/h9-12,16H,3-8,17H2,1-2H3;1H/t16-;/m0./s1. The lowest BCUT2D eigenvalue weighted by molar-refractivity contribution is 0.301. The van der Waals surface area contributed by atoms with Crippen LogP contribution in [0.25, 0.3) is 0 Å². The van der Waals surface area contributed by atoms with Crippen LogP contribution in [0.1, 0.15) is 50.6 Å². The number of ether oxygens (including phenoxy) is 2. The third-order valence-electron chi connectivity index (χ3n) is 4.03. The Hall–Kier alpha value is -0.930. The average Bonchev–Trinajstić information content (AvgIpc) is 2.48. The summed E-state index contributed by atoms with van der Waals surface area (Å²) >= 11 is 0. The molecule has 1 aliphatic rings. The van der Waals surface area contributed by atoms with E-state index in [1.54, 1.807) is 7.11 Å². The molecule has 2 N–H and O–H groups in total. The lowest BCUT2D eigenvalue weighted by atomic mass is 9.81. The van der Waals surface area contributed by atoms with Crippen LogP contribution in [0.2, 0.25) is 0 Å². The maximum atomic E-state index is 6.42.